The fourth-order valence-corrected chi connectivity index (χ4v) is 9.73. The lowest BCUT2D eigenvalue weighted by Crippen LogP contribution is -2.56. The maximum absolute atomic E-state index is 12.4. The Labute approximate surface area is 431 Å². The second-order valence-corrected chi connectivity index (χ2v) is 24.3. The van der Waals surface area contributed by atoms with Crippen LogP contribution < -0.4 is 15.3 Å². The van der Waals surface area contributed by atoms with E-state index in [4.69, 9.17) is 0 Å². The van der Waals surface area contributed by atoms with Gasteiger partial charge in [0, 0.05) is 43.6 Å². The van der Waals surface area contributed by atoms with Crippen molar-refractivity contribution in [3.05, 3.63) is 0 Å². The molecule has 13 nitrogen and oxygen atoms in total. The van der Waals surface area contributed by atoms with E-state index in [2.05, 4.69) is 20.8 Å². The lowest BCUT2D eigenvalue weighted by atomic mass is 9.89. The number of Topliss-reactive ketones (excluding diaryl/α,β-unsaturated/α-hetero) is 1. The number of aliphatic hydroxyl groups is 3. The van der Waals surface area contributed by atoms with Crippen LogP contribution in [0.2, 0.25) is 0 Å². The molecule has 0 amide bonds. The average Bonchev–Trinajstić information content (AvgIpc) is 3.19. The largest absolute Gasteiger partial charge is 0.550 e. The molecule has 0 aliphatic heterocycles. The van der Waals surface area contributed by atoms with Crippen molar-refractivity contribution in [2.75, 3.05) is 83.1 Å². The third-order valence-corrected chi connectivity index (χ3v) is 12.7. The first kappa shape index (κ1) is 72.1. The summed E-state index contributed by atoms with van der Waals surface area (Å²) in [4.78, 5) is 45.1. The number of likely N-dealkylation sites (N-methyl/N-ethyl adjacent to an activating group) is 3. The third kappa shape index (κ3) is 50.8. The van der Waals surface area contributed by atoms with E-state index in [1.165, 1.54) is 141 Å². The van der Waals surface area contributed by atoms with Crippen LogP contribution >= 0.6 is 0 Å². The number of rotatable bonds is 45. The molecule has 0 bridgehead atoms. The highest BCUT2D eigenvalue weighted by molar-refractivity contribution is 5.90. The predicted molar refractivity (Wildman–Crippen MR) is 282 cm³/mol. The molecule has 0 aromatic carbocycles. The van der Waals surface area contributed by atoms with Gasteiger partial charge in [-0.2, -0.15) is 0 Å². The van der Waals surface area contributed by atoms with Crippen molar-refractivity contribution in [2.45, 2.75) is 262 Å². The molecule has 0 aliphatic carbocycles. The van der Waals surface area contributed by atoms with Crippen LogP contribution in [-0.2, 0) is 19.2 Å². The molecule has 0 saturated carbocycles. The Bertz CT molecular complexity index is 1310. The second kappa shape index (κ2) is 41.2. The number of carboxylic acids is 3. The highest BCUT2D eigenvalue weighted by atomic mass is 16.4. The van der Waals surface area contributed by atoms with Crippen molar-refractivity contribution in [1.82, 2.24) is 0 Å². The van der Waals surface area contributed by atoms with Gasteiger partial charge in [-0.15, -0.1) is 0 Å². The predicted octanol–water partition coefficient (Wildman–Crippen LogP) is 7.80. The van der Waals surface area contributed by atoms with E-state index in [1.54, 1.807) is 0 Å². The van der Waals surface area contributed by atoms with E-state index in [9.17, 15) is 49.8 Å². The lowest BCUT2D eigenvalue weighted by Gasteiger charge is -2.36. The van der Waals surface area contributed by atoms with Gasteiger partial charge in [0.1, 0.15) is 30.8 Å². The van der Waals surface area contributed by atoms with Gasteiger partial charge in [0.05, 0.1) is 63.4 Å². The number of quaternary nitrogens is 3. The first-order chi connectivity index (χ1) is 32.5. The minimum atomic E-state index is -1.82. The number of carboxylic acid groups (broad SMARTS) is 3. The van der Waals surface area contributed by atoms with Crippen molar-refractivity contribution in [3.63, 3.8) is 0 Å². The molecule has 0 aliphatic rings. The normalized spacial score (nSPS) is 14.6. The number of carbonyl (C=O) groups excluding carboxylic acids is 4. The Hall–Kier alpha value is -2.16. The topological polar surface area (TPSA) is 198 Å². The molecule has 0 saturated heterocycles. The van der Waals surface area contributed by atoms with Gasteiger partial charge in [-0.1, -0.05) is 201 Å². The summed E-state index contributed by atoms with van der Waals surface area (Å²) in [6, 6.07) is 0. The van der Waals surface area contributed by atoms with Crippen LogP contribution in [0.5, 0.6) is 0 Å². The first-order valence-electron chi connectivity index (χ1n) is 28.2. The molecular formula is C57H115N3O10. The number of unbranched alkanes of at least 4 members (excludes halogenated alkanes) is 26. The number of aliphatic carboxylic acids is 3. The number of ketones is 1. The van der Waals surface area contributed by atoms with Crippen molar-refractivity contribution in [2.24, 2.45) is 0 Å². The van der Waals surface area contributed by atoms with Gasteiger partial charge >= 0.3 is 0 Å². The molecule has 0 aromatic heterocycles. The summed E-state index contributed by atoms with van der Waals surface area (Å²) in [6.45, 7) is 7.64. The van der Waals surface area contributed by atoms with Gasteiger partial charge in [0.2, 0.25) is 0 Å². The number of hydrogen-bond acceptors (Lipinski definition) is 10. The average molecular weight is 1000 g/mol. The van der Waals surface area contributed by atoms with Crippen LogP contribution in [0.1, 0.15) is 245 Å². The molecule has 0 radical (unpaired) electrons. The van der Waals surface area contributed by atoms with Crippen molar-refractivity contribution < 1.29 is 63.3 Å². The maximum Gasteiger partial charge on any atom is 0.177 e. The molecule has 13 heteroatoms. The third-order valence-electron chi connectivity index (χ3n) is 12.7. The Balaban J connectivity index is -0.000000968. The van der Waals surface area contributed by atoms with Gasteiger partial charge in [-0.25, -0.2) is 0 Å². The quantitative estimate of drug-likeness (QED) is 0.0400. The number of hydrogen-bond donors (Lipinski definition) is 3. The molecule has 418 valence electrons. The van der Waals surface area contributed by atoms with Gasteiger partial charge in [-0.3, -0.25) is 4.79 Å². The molecule has 0 heterocycles. The highest BCUT2D eigenvalue weighted by Crippen LogP contribution is 2.25. The molecule has 3 N–H and O–H groups in total. The summed E-state index contributed by atoms with van der Waals surface area (Å²) in [5.41, 5.74) is -4.11. The van der Waals surface area contributed by atoms with Crippen LogP contribution in [0.3, 0.4) is 0 Å². The lowest BCUT2D eigenvalue weighted by molar-refractivity contribution is -0.877. The van der Waals surface area contributed by atoms with E-state index in [-0.39, 0.29) is 31.6 Å². The smallest absolute Gasteiger partial charge is 0.177 e. The zero-order valence-corrected chi connectivity index (χ0v) is 47.9. The first-order valence-corrected chi connectivity index (χ1v) is 28.2. The zero-order valence-electron chi connectivity index (χ0n) is 47.9. The van der Waals surface area contributed by atoms with Gasteiger partial charge in [0.15, 0.2) is 11.4 Å². The Morgan fingerprint density at radius 1 is 0.343 bits per heavy atom. The van der Waals surface area contributed by atoms with E-state index in [1.807, 2.05) is 63.4 Å². The monoisotopic (exact) mass is 1000 g/mol. The van der Waals surface area contributed by atoms with E-state index in [0.717, 1.165) is 38.5 Å². The van der Waals surface area contributed by atoms with Crippen molar-refractivity contribution in [1.29, 1.82) is 0 Å². The molecular weight excluding hydrogens is 887 g/mol. The van der Waals surface area contributed by atoms with Gasteiger partial charge in [0.25, 0.3) is 0 Å². The number of carbonyl (C=O) groups is 4. The number of nitrogens with zero attached hydrogens (tertiary/aromatic N) is 3. The second-order valence-electron chi connectivity index (χ2n) is 24.3. The van der Waals surface area contributed by atoms with Crippen LogP contribution in [-0.4, -0.2) is 152 Å². The molecule has 0 rings (SSSR count). The van der Waals surface area contributed by atoms with Crippen LogP contribution in [0.4, 0.5) is 0 Å². The Morgan fingerprint density at radius 3 is 0.800 bits per heavy atom. The minimum absolute atomic E-state index is 0.0812. The van der Waals surface area contributed by atoms with Crippen LogP contribution in [0, 0.1) is 0 Å². The molecule has 3 unspecified atom stereocenters. The van der Waals surface area contributed by atoms with Crippen LogP contribution in [0.25, 0.3) is 0 Å². The minimum Gasteiger partial charge on any atom is -0.550 e. The maximum atomic E-state index is 12.4. The molecule has 3 atom stereocenters. The summed E-state index contributed by atoms with van der Waals surface area (Å²) in [7, 11) is 17.3. The molecule has 0 spiro atoms. The zero-order chi connectivity index (χ0) is 54.2. The highest BCUT2D eigenvalue weighted by Gasteiger charge is 2.40. The summed E-state index contributed by atoms with van der Waals surface area (Å²) in [6.07, 6.45) is 35.2. The summed E-state index contributed by atoms with van der Waals surface area (Å²) in [5.74, 6) is -4.07. The fraction of sp³-hybridized carbons (Fsp3) is 0.930. The molecule has 70 heavy (non-hydrogen) atoms. The van der Waals surface area contributed by atoms with E-state index >= 15 is 0 Å². The van der Waals surface area contributed by atoms with Crippen molar-refractivity contribution >= 4 is 23.7 Å². The van der Waals surface area contributed by atoms with Crippen molar-refractivity contribution in [3.8, 4) is 0 Å². The van der Waals surface area contributed by atoms with Gasteiger partial charge in [-0.05, 0) is 19.3 Å². The van der Waals surface area contributed by atoms with E-state index < -0.39 is 41.1 Å². The summed E-state index contributed by atoms with van der Waals surface area (Å²) in [5, 5.41) is 64.4. The fourth-order valence-electron chi connectivity index (χ4n) is 9.73. The SMILES string of the molecule is CCCCCCCCCCC(O)(CC(=O)[O-])C[N+](C)(C)C.CCCCCCCCCCCCC(O)(CC(=O)[O-])C[N+](C)(C)C.CCCCCCCCCCCCCC(=O)C(O)(CC(=O)[O-])C[N+](C)(C)C. The molecule has 0 fully saturated rings. The standard InChI is InChI=1S/C21H41NO4.C19H39NO3.C17H35NO3/c1-5-6-7-8-9-10-11-12-13-14-15-16-19(23)21(26,17-20(24)25)18-22(2,3)4;1-5-6-7-8-9-10-11-12-13-14-15-19(23,16-18(21)22)17-20(2,3)4;1-5-6-7-8-9-10-11-12-13-17(21,14-16(19)20)15-18(2,3)4/h26H,5-18H2,1-4H3;23H,5-17H2,1-4H3;21H,5-15H2,1-4H3. The summed E-state index contributed by atoms with van der Waals surface area (Å²) < 4.78 is 1.44. The van der Waals surface area contributed by atoms with E-state index in [0.29, 0.717) is 45.8 Å². The Morgan fingerprint density at radius 2 is 0.571 bits per heavy atom. The Kier molecular flexibility index (Phi) is 42.5. The van der Waals surface area contributed by atoms with Crippen LogP contribution in [0.15, 0.2) is 0 Å². The molecule has 0 aromatic rings. The van der Waals surface area contributed by atoms with Gasteiger partial charge < -0.3 is 58.5 Å². The summed E-state index contributed by atoms with van der Waals surface area (Å²) >= 11 is 0.